The molecule has 2 unspecified atom stereocenters. The average Bonchev–Trinajstić information content (AvgIpc) is 3.15. The van der Waals surface area contributed by atoms with Gasteiger partial charge in [0.2, 0.25) is 0 Å². The lowest BCUT2D eigenvalue weighted by molar-refractivity contribution is 0.0390. The van der Waals surface area contributed by atoms with Crippen LogP contribution in [-0.2, 0) is 0 Å². The van der Waals surface area contributed by atoms with Gasteiger partial charge in [0.05, 0.1) is 0 Å². The Kier molecular flexibility index (Phi) is 3.94. The molecule has 0 radical (unpaired) electrons. The van der Waals surface area contributed by atoms with Crippen molar-refractivity contribution in [3.05, 3.63) is 54.4 Å². The molecule has 0 spiro atoms. The standard InChI is InChI=1S/C20H24N2O/c23-20(22-14-6-9-16-7-1-2-11-19(16)22)17-8-5-10-18(15-17)21-12-3-4-13-21/h3-5,8,10,12-13,15-16,19H,1-2,6-7,9,11,14H2. The normalized spacial score (nSPS) is 24.3. The van der Waals surface area contributed by atoms with Gasteiger partial charge in [-0.2, -0.15) is 0 Å². The molecule has 4 rings (SSSR count). The molecule has 2 fully saturated rings. The first-order valence-corrected chi connectivity index (χ1v) is 8.87. The van der Waals surface area contributed by atoms with Crippen LogP contribution in [0.25, 0.3) is 5.69 Å². The molecule has 2 aromatic rings. The molecule has 1 aromatic heterocycles. The molecule has 1 aromatic carbocycles. The zero-order valence-corrected chi connectivity index (χ0v) is 13.5. The van der Waals surface area contributed by atoms with Gasteiger partial charge >= 0.3 is 0 Å². The van der Waals surface area contributed by atoms with Crippen molar-refractivity contribution in [1.82, 2.24) is 9.47 Å². The summed E-state index contributed by atoms with van der Waals surface area (Å²) in [6, 6.07) is 12.5. The summed E-state index contributed by atoms with van der Waals surface area (Å²) in [6.45, 7) is 0.924. The van der Waals surface area contributed by atoms with Gasteiger partial charge < -0.3 is 9.47 Å². The highest BCUT2D eigenvalue weighted by Gasteiger charge is 2.35. The Bertz CT molecular complexity index is 675. The van der Waals surface area contributed by atoms with Crippen molar-refractivity contribution >= 4 is 5.91 Å². The van der Waals surface area contributed by atoms with Crippen LogP contribution in [0.15, 0.2) is 48.8 Å². The molecular weight excluding hydrogens is 284 g/mol. The second-order valence-corrected chi connectivity index (χ2v) is 6.89. The number of piperidine rings is 1. The summed E-state index contributed by atoms with van der Waals surface area (Å²) >= 11 is 0. The summed E-state index contributed by atoms with van der Waals surface area (Å²) in [5, 5.41) is 0. The molecule has 23 heavy (non-hydrogen) atoms. The Morgan fingerprint density at radius 3 is 2.61 bits per heavy atom. The van der Waals surface area contributed by atoms with E-state index in [4.69, 9.17) is 0 Å². The zero-order valence-electron chi connectivity index (χ0n) is 13.5. The van der Waals surface area contributed by atoms with E-state index in [2.05, 4.69) is 15.5 Å². The van der Waals surface area contributed by atoms with Crippen molar-refractivity contribution in [2.24, 2.45) is 5.92 Å². The van der Waals surface area contributed by atoms with Crippen LogP contribution in [0.4, 0.5) is 0 Å². The van der Waals surface area contributed by atoms with E-state index in [-0.39, 0.29) is 5.91 Å². The fraction of sp³-hybridized carbons (Fsp3) is 0.450. The molecule has 2 aliphatic rings. The molecule has 0 bridgehead atoms. The van der Waals surface area contributed by atoms with Crippen LogP contribution in [0, 0.1) is 5.92 Å². The van der Waals surface area contributed by atoms with Crippen LogP contribution < -0.4 is 0 Å². The van der Waals surface area contributed by atoms with Crippen molar-refractivity contribution < 1.29 is 4.79 Å². The number of hydrogen-bond acceptors (Lipinski definition) is 1. The fourth-order valence-corrected chi connectivity index (χ4v) is 4.35. The van der Waals surface area contributed by atoms with E-state index in [1.165, 1.54) is 32.1 Å². The molecule has 0 N–H and O–H groups in total. The maximum Gasteiger partial charge on any atom is 0.254 e. The third-order valence-electron chi connectivity index (χ3n) is 5.50. The smallest absolute Gasteiger partial charge is 0.254 e. The Hall–Kier alpha value is -2.03. The Balaban J connectivity index is 1.60. The van der Waals surface area contributed by atoms with Crippen LogP contribution in [0.1, 0.15) is 48.9 Å². The lowest BCUT2D eigenvalue weighted by Gasteiger charge is -2.44. The van der Waals surface area contributed by atoms with Crippen molar-refractivity contribution in [2.45, 2.75) is 44.6 Å². The minimum atomic E-state index is 0.218. The highest BCUT2D eigenvalue weighted by Crippen LogP contribution is 2.36. The Morgan fingerprint density at radius 2 is 1.74 bits per heavy atom. The molecule has 1 saturated heterocycles. The van der Waals surface area contributed by atoms with Crippen molar-refractivity contribution in [3.63, 3.8) is 0 Å². The number of rotatable bonds is 2. The van der Waals surface area contributed by atoms with Gasteiger partial charge in [-0.15, -0.1) is 0 Å². The predicted molar refractivity (Wildman–Crippen MR) is 91.8 cm³/mol. The van der Waals surface area contributed by atoms with Gasteiger partial charge in [-0.25, -0.2) is 0 Å². The van der Waals surface area contributed by atoms with Crippen LogP contribution in [0.2, 0.25) is 0 Å². The third kappa shape index (κ3) is 2.80. The van der Waals surface area contributed by atoms with Gasteiger partial charge in [0.25, 0.3) is 5.91 Å². The van der Waals surface area contributed by atoms with Crippen LogP contribution in [0.3, 0.4) is 0 Å². The molecule has 3 nitrogen and oxygen atoms in total. The monoisotopic (exact) mass is 308 g/mol. The molecule has 1 amide bonds. The number of aromatic nitrogens is 1. The van der Waals surface area contributed by atoms with E-state index >= 15 is 0 Å². The predicted octanol–water partition coefficient (Wildman–Crippen LogP) is 4.27. The number of benzene rings is 1. The van der Waals surface area contributed by atoms with Gasteiger partial charge in [0, 0.05) is 36.2 Å². The topological polar surface area (TPSA) is 25.2 Å². The average molecular weight is 308 g/mol. The maximum atomic E-state index is 13.1. The second-order valence-electron chi connectivity index (χ2n) is 6.89. The number of nitrogens with zero attached hydrogens (tertiary/aromatic N) is 2. The van der Waals surface area contributed by atoms with Gasteiger partial charge in [-0.05, 0) is 61.9 Å². The SMILES string of the molecule is O=C(c1cccc(-n2cccc2)c1)N1CCCC2CCCCC21. The molecule has 3 heteroatoms. The van der Waals surface area contributed by atoms with Crippen LogP contribution >= 0.6 is 0 Å². The number of carbonyl (C=O) groups excluding carboxylic acids is 1. The van der Waals surface area contributed by atoms with Gasteiger partial charge in [-0.3, -0.25) is 4.79 Å². The second kappa shape index (κ2) is 6.23. The molecule has 2 heterocycles. The van der Waals surface area contributed by atoms with E-state index in [0.29, 0.717) is 6.04 Å². The summed E-state index contributed by atoms with van der Waals surface area (Å²) in [7, 11) is 0. The largest absolute Gasteiger partial charge is 0.335 e. The first-order chi connectivity index (χ1) is 11.3. The summed E-state index contributed by atoms with van der Waals surface area (Å²) in [5.41, 5.74) is 1.88. The van der Waals surface area contributed by atoms with E-state index in [1.54, 1.807) is 0 Å². The van der Waals surface area contributed by atoms with E-state index in [1.807, 2.05) is 42.7 Å². The van der Waals surface area contributed by atoms with Crippen molar-refractivity contribution in [3.8, 4) is 5.69 Å². The van der Waals surface area contributed by atoms with Gasteiger partial charge in [0.15, 0.2) is 0 Å². The van der Waals surface area contributed by atoms with Crippen LogP contribution in [0.5, 0.6) is 0 Å². The summed E-state index contributed by atoms with van der Waals surface area (Å²) in [5.74, 6) is 0.949. The molecular formula is C20H24N2O. The number of amides is 1. The number of carbonyl (C=O) groups is 1. The molecule has 1 aliphatic heterocycles. The zero-order chi connectivity index (χ0) is 15.6. The molecule has 1 aliphatic carbocycles. The fourth-order valence-electron chi connectivity index (χ4n) is 4.35. The first kappa shape index (κ1) is 14.6. The van der Waals surface area contributed by atoms with Crippen molar-refractivity contribution in [1.29, 1.82) is 0 Å². The molecule has 120 valence electrons. The quantitative estimate of drug-likeness (QED) is 0.813. The number of likely N-dealkylation sites (tertiary alicyclic amines) is 1. The first-order valence-electron chi connectivity index (χ1n) is 8.87. The summed E-state index contributed by atoms with van der Waals surface area (Å²) in [4.78, 5) is 15.3. The molecule has 2 atom stereocenters. The van der Waals surface area contributed by atoms with Gasteiger partial charge in [0.1, 0.15) is 0 Å². The van der Waals surface area contributed by atoms with E-state index in [9.17, 15) is 4.79 Å². The van der Waals surface area contributed by atoms with E-state index < -0.39 is 0 Å². The number of fused-ring (bicyclic) bond motifs is 1. The van der Waals surface area contributed by atoms with Gasteiger partial charge in [-0.1, -0.05) is 18.9 Å². The summed E-state index contributed by atoms with van der Waals surface area (Å²) < 4.78 is 2.05. The van der Waals surface area contributed by atoms with Crippen molar-refractivity contribution in [2.75, 3.05) is 6.54 Å². The highest BCUT2D eigenvalue weighted by molar-refractivity contribution is 5.95. The Morgan fingerprint density at radius 1 is 0.957 bits per heavy atom. The molecule has 1 saturated carbocycles. The Labute approximate surface area is 137 Å². The minimum Gasteiger partial charge on any atom is -0.335 e. The lowest BCUT2D eigenvalue weighted by atomic mass is 9.78. The number of hydrogen-bond donors (Lipinski definition) is 0. The minimum absolute atomic E-state index is 0.218. The maximum absolute atomic E-state index is 13.1. The third-order valence-corrected chi connectivity index (χ3v) is 5.50. The lowest BCUT2D eigenvalue weighted by Crippen LogP contribution is -2.49. The highest BCUT2D eigenvalue weighted by atomic mass is 16.2. The van der Waals surface area contributed by atoms with E-state index in [0.717, 1.165) is 30.1 Å². The van der Waals surface area contributed by atoms with Crippen LogP contribution in [-0.4, -0.2) is 28.0 Å². The summed E-state index contributed by atoms with van der Waals surface area (Å²) in [6.07, 6.45) is 11.6.